The molecule has 2 N–H and O–H groups in total. The number of benzene rings is 1. The Bertz CT molecular complexity index is 740. The maximum Gasteiger partial charge on any atom is 0.320 e. The van der Waals surface area contributed by atoms with E-state index in [1.807, 2.05) is 0 Å². The molecule has 2 aromatic rings. The van der Waals surface area contributed by atoms with Gasteiger partial charge in [-0.05, 0) is 12.5 Å². The third-order valence-corrected chi connectivity index (χ3v) is 4.59. The average Bonchev–Trinajstić information content (AvgIpc) is 2.84. The summed E-state index contributed by atoms with van der Waals surface area (Å²) >= 11 is 0. The SMILES string of the molecule is Cc1conc1NC(=O)NCC(c1ccccc1)S(C)(=O)=O. The summed E-state index contributed by atoms with van der Waals surface area (Å²) in [5, 5.41) is 7.86. The van der Waals surface area contributed by atoms with E-state index < -0.39 is 21.1 Å². The highest BCUT2D eigenvalue weighted by atomic mass is 32.2. The van der Waals surface area contributed by atoms with Gasteiger partial charge in [-0.1, -0.05) is 35.5 Å². The van der Waals surface area contributed by atoms with E-state index in [4.69, 9.17) is 4.52 Å². The molecule has 118 valence electrons. The van der Waals surface area contributed by atoms with Crippen molar-refractivity contribution in [2.45, 2.75) is 12.2 Å². The van der Waals surface area contributed by atoms with E-state index in [9.17, 15) is 13.2 Å². The van der Waals surface area contributed by atoms with Crippen LogP contribution in [0, 0.1) is 6.92 Å². The molecule has 0 aliphatic carbocycles. The minimum atomic E-state index is -3.36. The number of rotatable bonds is 5. The van der Waals surface area contributed by atoms with Crippen LogP contribution in [0.15, 0.2) is 41.1 Å². The first-order valence-corrected chi connectivity index (χ1v) is 8.53. The van der Waals surface area contributed by atoms with Crippen LogP contribution in [-0.2, 0) is 9.84 Å². The maximum absolute atomic E-state index is 11.9. The number of carbonyl (C=O) groups excluding carboxylic acids is 1. The molecule has 0 saturated heterocycles. The molecule has 0 aliphatic rings. The normalized spacial score (nSPS) is 12.6. The number of nitrogens with zero attached hydrogens (tertiary/aromatic N) is 1. The van der Waals surface area contributed by atoms with E-state index in [1.54, 1.807) is 37.3 Å². The third kappa shape index (κ3) is 4.08. The van der Waals surface area contributed by atoms with Gasteiger partial charge in [-0.2, -0.15) is 0 Å². The topological polar surface area (TPSA) is 101 Å². The quantitative estimate of drug-likeness (QED) is 0.875. The molecule has 0 radical (unpaired) electrons. The fraction of sp³-hybridized carbons (Fsp3) is 0.286. The van der Waals surface area contributed by atoms with Crippen molar-refractivity contribution in [3.05, 3.63) is 47.7 Å². The maximum atomic E-state index is 11.9. The molecule has 22 heavy (non-hydrogen) atoms. The van der Waals surface area contributed by atoms with Crippen LogP contribution in [0.4, 0.5) is 10.6 Å². The molecular weight excluding hydrogens is 306 g/mol. The molecular formula is C14H17N3O4S. The second-order valence-corrected chi connectivity index (χ2v) is 7.14. The predicted molar refractivity (Wildman–Crippen MR) is 82.3 cm³/mol. The van der Waals surface area contributed by atoms with Crippen molar-refractivity contribution in [3.63, 3.8) is 0 Å². The Morgan fingerprint density at radius 3 is 2.55 bits per heavy atom. The number of aryl methyl sites for hydroxylation is 1. The lowest BCUT2D eigenvalue weighted by Crippen LogP contribution is -2.34. The largest absolute Gasteiger partial charge is 0.362 e. The molecule has 2 rings (SSSR count). The van der Waals surface area contributed by atoms with Crippen molar-refractivity contribution in [2.75, 3.05) is 18.1 Å². The zero-order valence-corrected chi connectivity index (χ0v) is 13.1. The Hall–Kier alpha value is -2.35. The number of carbonyl (C=O) groups is 1. The summed E-state index contributed by atoms with van der Waals surface area (Å²) in [5.74, 6) is 0.299. The van der Waals surface area contributed by atoms with Gasteiger partial charge in [0.05, 0.1) is 0 Å². The molecule has 1 atom stereocenters. The van der Waals surface area contributed by atoms with Gasteiger partial charge in [-0.25, -0.2) is 13.2 Å². The number of hydrogen-bond donors (Lipinski definition) is 2. The van der Waals surface area contributed by atoms with Gasteiger partial charge >= 0.3 is 6.03 Å². The average molecular weight is 323 g/mol. The van der Waals surface area contributed by atoms with Gasteiger partial charge < -0.3 is 9.84 Å². The fourth-order valence-corrected chi connectivity index (χ4v) is 2.97. The van der Waals surface area contributed by atoms with Crippen molar-refractivity contribution in [1.29, 1.82) is 0 Å². The predicted octanol–water partition coefficient (Wildman–Crippen LogP) is 1.89. The molecule has 2 amide bonds. The van der Waals surface area contributed by atoms with E-state index >= 15 is 0 Å². The molecule has 0 fully saturated rings. The minimum Gasteiger partial charge on any atom is -0.362 e. The first-order valence-electron chi connectivity index (χ1n) is 6.57. The molecule has 1 aromatic carbocycles. The van der Waals surface area contributed by atoms with Gasteiger partial charge in [0.2, 0.25) is 0 Å². The lowest BCUT2D eigenvalue weighted by Gasteiger charge is -2.16. The smallest absolute Gasteiger partial charge is 0.320 e. The standard InChI is InChI=1S/C14H17N3O4S/c1-10-9-21-17-13(10)16-14(18)15-8-12(22(2,19)20)11-6-4-3-5-7-11/h3-7,9,12H,8H2,1-2H3,(H2,15,16,17,18). The van der Waals surface area contributed by atoms with Crippen LogP contribution in [0.1, 0.15) is 16.4 Å². The molecule has 0 bridgehead atoms. The Labute approximate surface area is 128 Å². The van der Waals surface area contributed by atoms with Gasteiger partial charge in [-0.15, -0.1) is 0 Å². The summed E-state index contributed by atoms with van der Waals surface area (Å²) in [7, 11) is -3.36. The molecule has 1 unspecified atom stereocenters. The first-order chi connectivity index (χ1) is 10.4. The molecule has 0 spiro atoms. The van der Waals surface area contributed by atoms with Gasteiger partial charge in [0, 0.05) is 18.4 Å². The van der Waals surface area contributed by atoms with Crippen molar-refractivity contribution < 1.29 is 17.7 Å². The highest BCUT2D eigenvalue weighted by Crippen LogP contribution is 2.20. The number of nitrogens with one attached hydrogen (secondary N) is 2. The molecule has 7 nitrogen and oxygen atoms in total. The highest BCUT2D eigenvalue weighted by molar-refractivity contribution is 7.91. The van der Waals surface area contributed by atoms with Crippen LogP contribution in [0.2, 0.25) is 0 Å². The summed E-state index contributed by atoms with van der Waals surface area (Å²) < 4.78 is 28.5. The summed E-state index contributed by atoms with van der Waals surface area (Å²) in [6.45, 7) is 1.70. The van der Waals surface area contributed by atoms with Crippen molar-refractivity contribution in [3.8, 4) is 0 Å². The van der Waals surface area contributed by atoms with Gasteiger partial charge in [0.15, 0.2) is 15.7 Å². The number of anilines is 1. The van der Waals surface area contributed by atoms with Crippen molar-refractivity contribution in [2.24, 2.45) is 0 Å². The molecule has 8 heteroatoms. The van der Waals surface area contributed by atoms with Crippen LogP contribution < -0.4 is 10.6 Å². The highest BCUT2D eigenvalue weighted by Gasteiger charge is 2.23. The zero-order valence-electron chi connectivity index (χ0n) is 12.2. The Morgan fingerprint density at radius 1 is 1.32 bits per heavy atom. The van der Waals surface area contributed by atoms with Crippen LogP contribution in [0.25, 0.3) is 0 Å². The van der Waals surface area contributed by atoms with E-state index in [-0.39, 0.29) is 6.54 Å². The lowest BCUT2D eigenvalue weighted by atomic mass is 10.1. The van der Waals surface area contributed by atoms with Crippen molar-refractivity contribution >= 4 is 21.7 Å². The summed E-state index contributed by atoms with van der Waals surface area (Å²) in [6, 6.07) is 8.20. The molecule has 0 aliphatic heterocycles. The van der Waals surface area contributed by atoms with E-state index in [0.29, 0.717) is 16.9 Å². The monoisotopic (exact) mass is 323 g/mol. The summed E-state index contributed by atoms with van der Waals surface area (Å²) in [4.78, 5) is 11.8. The van der Waals surface area contributed by atoms with Crippen LogP contribution in [-0.4, -0.2) is 32.4 Å². The lowest BCUT2D eigenvalue weighted by molar-refractivity contribution is 0.252. The second kappa shape index (κ2) is 6.61. The Kier molecular flexibility index (Phi) is 4.81. The Morgan fingerprint density at radius 2 is 2.00 bits per heavy atom. The van der Waals surface area contributed by atoms with E-state index in [2.05, 4.69) is 15.8 Å². The minimum absolute atomic E-state index is 0.0361. The van der Waals surface area contributed by atoms with Gasteiger partial charge in [0.25, 0.3) is 0 Å². The number of sulfone groups is 1. The van der Waals surface area contributed by atoms with Crippen LogP contribution in [0.5, 0.6) is 0 Å². The van der Waals surface area contributed by atoms with Crippen molar-refractivity contribution in [1.82, 2.24) is 10.5 Å². The number of amides is 2. The van der Waals surface area contributed by atoms with Crippen LogP contribution in [0.3, 0.4) is 0 Å². The number of hydrogen-bond acceptors (Lipinski definition) is 5. The number of urea groups is 1. The third-order valence-electron chi connectivity index (χ3n) is 3.12. The van der Waals surface area contributed by atoms with Gasteiger partial charge in [0.1, 0.15) is 11.5 Å². The first kappa shape index (κ1) is 16.0. The zero-order chi connectivity index (χ0) is 16.2. The molecule has 0 saturated carbocycles. The molecule has 1 aromatic heterocycles. The van der Waals surface area contributed by atoms with E-state index in [1.165, 1.54) is 6.26 Å². The molecule has 1 heterocycles. The van der Waals surface area contributed by atoms with E-state index in [0.717, 1.165) is 6.26 Å². The number of aromatic nitrogens is 1. The Balaban J connectivity index is 2.03. The fourth-order valence-electron chi connectivity index (χ4n) is 1.93. The summed E-state index contributed by atoms with van der Waals surface area (Å²) in [5.41, 5.74) is 1.31. The summed E-state index contributed by atoms with van der Waals surface area (Å²) in [6.07, 6.45) is 2.55. The second-order valence-electron chi connectivity index (χ2n) is 4.91. The van der Waals surface area contributed by atoms with Gasteiger partial charge in [-0.3, -0.25) is 5.32 Å². The van der Waals surface area contributed by atoms with Crippen LogP contribution >= 0.6 is 0 Å².